The van der Waals surface area contributed by atoms with Crippen LogP contribution in [0.15, 0.2) is 35.5 Å². The maximum absolute atomic E-state index is 4.89. The SMILES string of the molecule is CCN=Cc1cccc2cc[n-]c12.[Cl][Ti][Cl]. The molecule has 0 aliphatic rings. The van der Waals surface area contributed by atoms with Crippen molar-refractivity contribution >= 4 is 35.7 Å². The van der Waals surface area contributed by atoms with E-state index in [9.17, 15) is 0 Å². The molecule has 0 aliphatic carbocycles. The third-order valence-electron chi connectivity index (χ3n) is 1.97. The molecule has 2 aromatic rings. The Morgan fingerprint density at radius 2 is 2.12 bits per heavy atom. The number of fused-ring (bicyclic) bond motifs is 1. The van der Waals surface area contributed by atoms with Gasteiger partial charge in [-0.15, -0.1) is 5.52 Å². The standard InChI is InChI=1S/C11H11N2.2ClH.Ti/c1-2-12-8-10-5-3-4-9-6-7-13-11(9)10;;;/h3-8H,2H2,1H3;2*1H;/q-1;;;+2/p-2. The summed E-state index contributed by atoms with van der Waals surface area (Å²) in [5, 5.41) is 1.18. The zero-order valence-electron chi connectivity index (χ0n) is 8.82. The van der Waals surface area contributed by atoms with Crippen LogP contribution in [0.3, 0.4) is 0 Å². The molecule has 0 saturated heterocycles. The number of hydrogen-bond acceptors (Lipinski definition) is 1. The van der Waals surface area contributed by atoms with E-state index in [0.717, 1.165) is 17.6 Å². The van der Waals surface area contributed by atoms with Crippen LogP contribution in [0.5, 0.6) is 0 Å². The Morgan fingerprint density at radius 1 is 1.38 bits per heavy atom. The Kier molecular flexibility index (Phi) is 6.82. The Morgan fingerprint density at radius 3 is 2.81 bits per heavy atom. The van der Waals surface area contributed by atoms with Crippen molar-refractivity contribution in [1.82, 2.24) is 4.98 Å². The molecule has 0 aliphatic heterocycles. The Bertz CT molecular complexity index is 454. The van der Waals surface area contributed by atoms with Crippen molar-refractivity contribution < 1.29 is 17.0 Å². The number of aromatic nitrogens is 1. The molecule has 2 rings (SSSR count). The van der Waals surface area contributed by atoms with E-state index in [4.69, 9.17) is 18.6 Å². The Balaban J connectivity index is 0.000000386. The zero-order chi connectivity index (χ0) is 11.8. The van der Waals surface area contributed by atoms with E-state index in [-0.39, 0.29) is 0 Å². The molecule has 0 unspecified atom stereocenters. The van der Waals surface area contributed by atoms with Gasteiger partial charge in [-0.1, -0.05) is 24.3 Å². The Labute approximate surface area is 112 Å². The van der Waals surface area contributed by atoms with Crippen molar-refractivity contribution in [2.75, 3.05) is 6.54 Å². The van der Waals surface area contributed by atoms with E-state index < -0.39 is 17.0 Å². The fraction of sp³-hybridized carbons (Fsp3) is 0.182. The maximum atomic E-state index is 4.89. The molecule has 0 radical (unpaired) electrons. The van der Waals surface area contributed by atoms with Crippen LogP contribution in [0.4, 0.5) is 0 Å². The van der Waals surface area contributed by atoms with Gasteiger partial charge >= 0.3 is 35.6 Å². The summed E-state index contributed by atoms with van der Waals surface area (Å²) in [5.74, 6) is 0. The van der Waals surface area contributed by atoms with E-state index in [0.29, 0.717) is 0 Å². The first-order chi connectivity index (χ1) is 7.83. The molecule has 0 N–H and O–H groups in total. The van der Waals surface area contributed by atoms with Gasteiger partial charge in [-0.3, -0.25) is 4.99 Å². The number of para-hydroxylation sites is 1. The molecule has 0 bridgehead atoms. The summed E-state index contributed by atoms with van der Waals surface area (Å²) in [7, 11) is 9.78. The fourth-order valence-corrected chi connectivity index (χ4v) is 1.35. The minimum absolute atomic E-state index is 0.556. The number of halogens is 2. The first-order valence-electron chi connectivity index (χ1n) is 4.80. The second-order valence-corrected chi connectivity index (χ2v) is 5.51. The van der Waals surface area contributed by atoms with Gasteiger partial charge in [0.1, 0.15) is 0 Å². The van der Waals surface area contributed by atoms with Crippen molar-refractivity contribution in [1.29, 1.82) is 0 Å². The number of hydrogen-bond donors (Lipinski definition) is 0. The third kappa shape index (κ3) is 3.95. The van der Waals surface area contributed by atoms with Crippen LogP contribution in [-0.4, -0.2) is 12.8 Å². The van der Waals surface area contributed by atoms with Gasteiger partial charge in [-0.2, -0.15) is 6.20 Å². The second kappa shape index (κ2) is 7.91. The van der Waals surface area contributed by atoms with E-state index in [1.807, 2.05) is 37.5 Å². The molecule has 0 saturated carbocycles. The van der Waals surface area contributed by atoms with Crippen LogP contribution in [0.25, 0.3) is 10.9 Å². The molecule has 5 heteroatoms. The molecule has 1 heterocycles. The van der Waals surface area contributed by atoms with Crippen LogP contribution >= 0.6 is 18.6 Å². The first-order valence-corrected chi connectivity index (χ1v) is 9.09. The summed E-state index contributed by atoms with van der Waals surface area (Å²) in [5.41, 5.74) is 2.14. The predicted molar refractivity (Wildman–Crippen MR) is 67.1 cm³/mol. The van der Waals surface area contributed by atoms with Gasteiger partial charge in [0.25, 0.3) is 0 Å². The second-order valence-electron chi connectivity index (χ2n) is 2.93. The van der Waals surface area contributed by atoms with Gasteiger partial charge in [0, 0.05) is 12.8 Å². The number of rotatable bonds is 2. The summed E-state index contributed by atoms with van der Waals surface area (Å²) in [6, 6.07) is 8.14. The molecule has 2 nitrogen and oxygen atoms in total. The topological polar surface area (TPSA) is 26.5 Å². The van der Waals surface area contributed by atoms with Crippen molar-refractivity contribution in [3.63, 3.8) is 0 Å². The fourth-order valence-electron chi connectivity index (χ4n) is 1.35. The van der Waals surface area contributed by atoms with E-state index >= 15 is 0 Å². The van der Waals surface area contributed by atoms with Crippen LogP contribution in [0.1, 0.15) is 12.5 Å². The summed E-state index contributed by atoms with van der Waals surface area (Å²) in [4.78, 5) is 8.49. The summed E-state index contributed by atoms with van der Waals surface area (Å²) in [6.07, 6.45) is 3.71. The zero-order valence-corrected chi connectivity index (χ0v) is 11.9. The minimum atomic E-state index is -0.556. The normalized spacial score (nSPS) is 10.2. The van der Waals surface area contributed by atoms with Crippen LogP contribution < -0.4 is 4.98 Å². The van der Waals surface area contributed by atoms with Gasteiger partial charge in [-0.05, 0) is 17.9 Å². The average molecular weight is 290 g/mol. The molecule has 0 fully saturated rings. The van der Waals surface area contributed by atoms with Crippen molar-refractivity contribution in [2.45, 2.75) is 6.92 Å². The third-order valence-corrected chi connectivity index (χ3v) is 1.97. The van der Waals surface area contributed by atoms with Gasteiger partial charge in [-0.25, -0.2) is 0 Å². The molecular weight excluding hydrogens is 279 g/mol. The summed E-state index contributed by atoms with van der Waals surface area (Å²) >= 11 is -0.556. The molecule has 16 heavy (non-hydrogen) atoms. The number of benzene rings is 1. The molecular formula is C11H11Cl2N2Ti-. The van der Waals surface area contributed by atoms with Gasteiger partial charge in [0.2, 0.25) is 0 Å². The number of nitrogens with zero attached hydrogens (tertiary/aromatic N) is 2. The molecule has 0 amide bonds. The quantitative estimate of drug-likeness (QED) is 0.613. The Hall–Kier alpha value is -0.276. The van der Waals surface area contributed by atoms with Gasteiger partial charge in [0.15, 0.2) is 0 Å². The molecule has 0 spiro atoms. The van der Waals surface area contributed by atoms with Crippen molar-refractivity contribution in [2.24, 2.45) is 4.99 Å². The van der Waals surface area contributed by atoms with Crippen LogP contribution in [0.2, 0.25) is 0 Å². The van der Waals surface area contributed by atoms with E-state index in [1.54, 1.807) is 0 Å². The molecule has 1 aromatic heterocycles. The van der Waals surface area contributed by atoms with Crippen molar-refractivity contribution in [3.8, 4) is 0 Å². The monoisotopic (exact) mass is 289 g/mol. The summed E-state index contributed by atoms with van der Waals surface area (Å²) in [6.45, 7) is 2.84. The first kappa shape index (κ1) is 13.8. The molecule has 84 valence electrons. The van der Waals surface area contributed by atoms with Gasteiger partial charge in [0.05, 0.1) is 0 Å². The summed E-state index contributed by atoms with van der Waals surface area (Å²) < 4.78 is 0. The molecule has 0 atom stereocenters. The average Bonchev–Trinajstić information content (AvgIpc) is 2.75. The number of aliphatic imine (C=N–C) groups is 1. The van der Waals surface area contributed by atoms with Crippen LogP contribution in [0, 0.1) is 0 Å². The molecule has 1 aromatic carbocycles. The van der Waals surface area contributed by atoms with Crippen molar-refractivity contribution in [3.05, 3.63) is 36.0 Å². The predicted octanol–water partition coefficient (Wildman–Crippen LogP) is 3.61. The van der Waals surface area contributed by atoms with Crippen LogP contribution in [-0.2, 0) is 17.0 Å². The van der Waals surface area contributed by atoms with E-state index in [1.165, 1.54) is 5.39 Å². The van der Waals surface area contributed by atoms with E-state index in [2.05, 4.69) is 16.0 Å². The van der Waals surface area contributed by atoms with Gasteiger partial charge < -0.3 is 4.98 Å².